The van der Waals surface area contributed by atoms with Gasteiger partial charge >= 0.3 is 0 Å². The monoisotopic (exact) mass is 367 g/mol. The van der Waals surface area contributed by atoms with Gasteiger partial charge in [-0.15, -0.1) is 0 Å². The Balaban J connectivity index is 1.43. The number of nitrogens with one attached hydrogen (secondary N) is 1. The summed E-state index contributed by atoms with van der Waals surface area (Å²) in [6.45, 7) is 2.90. The third-order valence-electron chi connectivity index (χ3n) is 5.16. The topological polar surface area (TPSA) is 82.9 Å². The van der Waals surface area contributed by atoms with Crippen LogP contribution in [0.25, 0.3) is 0 Å². The SMILES string of the molecule is CC(=O)N1CCc2cc(N3C[C@H](C(=O)NCc4ccco4)CC3=O)ccc21. The van der Waals surface area contributed by atoms with Gasteiger partial charge in [-0.05, 0) is 42.3 Å². The van der Waals surface area contributed by atoms with Crippen LogP contribution in [0, 0.1) is 5.92 Å². The second-order valence-corrected chi connectivity index (χ2v) is 6.94. The van der Waals surface area contributed by atoms with Gasteiger partial charge < -0.3 is 19.5 Å². The Bertz CT molecular complexity index is 891. The smallest absolute Gasteiger partial charge is 0.227 e. The lowest BCUT2D eigenvalue weighted by atomic mass is 10.1. The molecule has 0 radical (unpaired) electrons. The maximum absolute atomic E-state index is 12.5. The van der Waals surface area contributed by atoms with E-state index in [1.807, 2.05) is 18.2 Å². The molecule has 27 heavy (non-hydrogen) atoms. The normalized spacial score (nSPS) is 18.7. The van der Waals surface area contributed by atoms with Crippen LogP contribution in [0.4, 0.5) is 11.4 Å². The fourth-order valence-corrected chi connectivity index (χ4v) is 3.75. The number of anilines is 2. The number of benzene rings is 1. The molecule has 2 aliphatic heterocycles. The van der Waals surface area contributed by atoms with Crippen LogP contribution < -0.4 is 15.1 Å². The van der Waals surface area contributed by atoms with Crippen molar-refractivity contribution >= 4 is 29.1 Å². The number of rotatable bonds is 4. The molecular weight excluding hydrogens is 346 g/mol. The number of carbonyl (C=O) groups excluding carboxylic acids is 3. The summed E-state index contributed by atoms with van der Waals surface area (Å²) < 4.78 is 5.21. The highest BCUT2D eigenvalue weighted by atomic mass is 16.3. The minimum Gasteiger partial charge on any atom is -0.467 e. The predicted molar refractivity (Wildman–Crippen MR) is 99.2 cm³/mol. The second kappa shape index (κ2) is 6.90. The first kappa shape index (κ1) is 17.3. The Labute approximate surface area is 156 Å². The number of fused-ring (bicyclic) bond motifs is 1. The van der Waals surface area contributed by atoms with Crippen molar-refractivity contribution in [2.45, 2.75) is 26.3 Å². The molecule has 1 atom stereocenters. The predicted octanol–water partition coefficient (Wildman–Crippen LogP) is 1.86. The summed E-state index contributed by atoms with van der Waals surface area (Å²) >= 11 is 0. The van der Waals surface area contributed by atoms with Gasteiger partial charge in [0.2, 0.25) is 17.7 Å². The first-order chi connectivity index (χ1) is 13.0. The molecule has 3 heterocycles. The van der Waals surface area contributed by atoms with Gasteiger partial charge in [-0.2, -0.15) is 0 Å². The van der Waals surface area contributed by atoms with E-state index in [1.165, 1.54) is 0 Å². The van der Waals surface area contributed by atoms with Gasteiger partial charge in [0.05, 0.1) is 18.7 Å². The Hall–Kier alpha value is -3.09. The van der Waals surface area contributed by atoms with E-state index in [2.05, 4.69) is 5.32 Å². The van der Waals surface area contributed by atoms with Gasteiger partial charge in [-0.1, -0.05) is 0 Å². The van der Waals surface area contributed by atoms with Crippen LogP contribution in [0.1, 0.15) is 24.7 Å². The number of amides is 3. The van der Waals surface area contributed by atoms with Crippen molar-refractivity contribution in [3.05, 3.63) is 47.9 Å². The number of nitrogens with zero attached hydrogens (tertiary/aromatic N) is 2. The molecule has 4 rings (SSSR count). The van der Waals surface area contributed by atoms with Gasteiger partial charge in [0.1, 0.15) is 5.76 Å². The Morgan fingerprint density at radius 2 is 2.15 bits per heavy atom. The largest absolute Gasteiger partial charge is 0.467 e. The number of carbonyl (C=O) groups is 3. The van der Waals surface area contributed by atoms with Crippen molar-refractivity contribution in [3.63, 3.8) is 0 Å². The maximum Gasteiger partial charge on any atom is 0.227 e. The average Bonchev–Trinajstić information content (AvgIpc) is 3.38. The molecule has 2 aliphatic rings. The van der Waals surface area contributed by atoms with Gasteiger partial charge in [-0.3, -0.25) is 14.4 Å². The molecule has 1 fully saturated rings. The summed E-state index contributed by atoms with van der Waals surface area (Å²) in [5, 5.41) is 2.82. The van der Waals surface area contributed by atoms with Crippen molar-refractivity contribution in [1.82, 2.24) is 5.32 Å². The molecular formula is C20H21N3O4. The van der Waals surface area contributed by atoms with Gasteiger partial charge in [-0.25, -0.2) is 0 Å². The summed E-state index contributed by atoms with van der Waals surface area (Å²) in [6, 6.07) is 9.25. The molecule has 1 aromatic carbocycles. The molecule has 1 saturated heterocycles. The molecule has 0 aliphatic carbocycles. The average molecular weight is 367 g/mol. The summed E-state index contributed by atoms with van der Waals surface area (Å²) in [7, 11) is 0. The zero-order chi connectivity index (χ0) is 19.0. The summed E-state index contributed by atoms with van der Waals surface area (Å²) in [6.07, 6.45) is 2.53. The van der Waals surface area contributed by atoms with E-state index in [4.69, 9.17) is 4.42 Å². The quantitative estimate of drug-likeness (QED) is 0.894. The lowest BCUT2D eigenvalue weighted by molar-refractivity contribution is -0.126. The van der Waals surface area contributed by atoms with Crippen LogP contribution in [0.15, 0.2) is 41.0 Å². The number of hydrogen-bond acceptors (Lipinski definition) is 4. The van der Waals surface area contributed by atoms with Crippen molar-refractivity contribution in [2.75, 3.05) is 22.9 Å². The van der Waals surface area contributed by atoms with Crippen LogP contribution in [-0.4, -0.2) is 30.8 Å². The summed E-state index contributed by atoms with van der Waals surface area (Å²) in [4.78, 5) is 39.9. The molecule has 140 valence electrons. The van der Waals surface area contributed by atoms with Crippen LogP contribution in [0.2, 0.25) is 0 Å². The molecule has 0 unspecified atom stereocenters. The first-order valence-corrected chi connectivity index (χ1v) is 9.04. The molecule has 0 saturated carbocycles. The number of hydrogen-bond donors (Lipinski definition) is 1. The third-order valence-corrected chi connectivity index (χ3v) is 5.16. The fraction of sp³-hybridized carbons (Fsp3) is 0.350. The molecule has 1 aromatic heterocycles. The molecule has 2 aromatic rings. The Morgan fingerprint density at radius 1 is 1.30 bits per heavy atom. The number of furan rings is 1. The Kier molecular flexibility index (Phi) is 4.43. The van der Waals surface area contributed by atoms with Crippen molar-refractivity contribution < 1.29 is 18.8 Å². The highest BCUT2D eigenvalue weighted by Crippen LogP contribution is 2.34. The van der Waals surface area contributed by atoms with E-state index in [1.54, 1.807) is 35.1 Å². The van der Waals surface area contributed by atoms with Crippen molar-refractivity contribution in [1.29, 1.82) is 0 Å². The van der Waals surface area contributed by atoms with Crippen LogP contribution >= 0.6 is 0 Å². The minimum atomic E-state index is -0.380. The van der Waals surface area contributed by atoms with E-state index in [9.17, 15) is 14.4 Å². The summed E-state index contributed by atoms with van der Waals surface area (Å²) in [5.74, 6) is 0.111. The lowest BCUT2D eigenvalue weighted by Crippen LogP contribution is -2.32. The zero-order valence-corrected chi connectivity index (χ0v) is 15.1. The molecule has 7 nitrogen and oxygen atoms in total. The maximum atomic E-state index is 12.5. The molecule has 0 spiro atoms. The van der Waals surface area contributed by atoms with E-state index in [-0.39, 0.29) is 30.1 Å². The van der Waals surface area contributed by atoms with E-state index in [0.29, 0.717) is 25.4 Å². The Morgan fingerprint density at radius 3 is 2.89 bits per heavy atom. The zero-order valence-electron chi connectivity index (χ0n) is 15.1. The second-order valence-electron chi connectivity index (χ2n) is 6.94. The van der Waals surface area contributed by atoms with E-state index < -0.39 is 0 Å². The highest BCUT2D eigenvalue weighted by Gasteiger charge is 2.35. The molecule has 0 bridgehead atoms. The highest BCUT2D eigenvalue weighted by molar-refractivity contribution is 6.01. The molecule has 3 amide bonds. The van der Waals surface area contributed by atoms with Crippen molar-refractivity contribution in [2.24, 2.45) is 5.92 Å². The fourth-order valence-electron chi connectivity index (χ4n) is 3.75. The van der Waals surface area contributed by atoms with Crippen LogP contribution in [0.3, 0.4) is 0 Å². The van der Waals surface area contributed by atoms with E-state index in [0.717, 1.165) is 23.4 Å². The minimum absolute atomic E-state index is 0.0204. The molecule has 1 N–H and O–H groups in total. The van der Waals surface area contributed by atoms with Crippen molar-refractivity contribution in [3.8, 4) is 0 Å². The van der Waals surface area contributed by atoms with E-state index >= 15 is 0 Å². The third kappa shape index (κ3) is 3.32. The van der Waals surface area contributed by atoms with Gasteiger partial charge in [0, 0.05) is 37.8 Å². The standard InChI is InChI=1S/C20H21N3O4/c1-13(24)22-7-6-14-9-16(4-5-18(14)22)23-12-15(10-19(23)25)20(26)21-11-17-3-2-8-27-17/h2-5,8-9,15H,6-7,10-12H2,1H3,(H,21,26)/t15-/m1/s1. The first-order valence-electron chi connectivity index (χ1n) is 9.04. The van der Waals surface area contributed by atoms with Crippen LogP contribution in [-0.2, 0) is 27.3 Å². The van der Waals surface area contributed by atoms with Gasteiger partial charge in [0.15, 0.2) is 0 Å². The van der Waals surface area contributed by atoms with Gasteiger partial charge in [0.25, 0.3) is 0 Å². The lowest BCUT2D eigenvalue weighted by Gasteiger charge is -2.19. The van der Waals surface area contributed by atoms with Crippen LogP contribution in [0.5, 0.6) is 0 Å². The molecule has 7 heteroatoms. The summed E-state index contributed by atoms with van der Waals surface area (Å²) in [5.41, 5.74) is 2.75.